The molecule has 0 heterocycles. The minimum absolute atomic E-state index is 0. The summed E-state index contributed by atoms with van der Waals surface area (Å²) in [6.07, 6.45) is 0. The highest BCUT2D eigenvalue weighted by atomic mass is 35.5. The number of hydrogen-bond donors (Lipinski definition) is 2. The van der Waals surface area contributed by atoms with E-state index in [1.165, 1.54) is 7.11 Å². The Balaban J connectivity index is -0.000000320. The quantitative estimate of drug-likeness (QED) is 0.389. The Hall–Kier alpha value is -0.0300. The van der Waals surface area contributed by atoms with Gasteiger partial charge in [-0.2, -0.15) is 0 Å². The minimum Gasteiger partial charge on any atom is -0.469 e. The molecule has 0 aliphatic carbocycles. The third-order valence-corrected chi connectivity index (χ3v) is 1.03. The number of rotatable bonds is 3. The molecule has 11 heavy (non-hydrogen) atoms. The number of halogens is 2. The van der Waals surface area contributed by atoms with Crippen molar-refractivity contribution in [2.45, 2.75) is 6.92 Å². The normalized spacial score (nSPS) is 10.5. The van der Waals surface area contributed by atoms with Crippen LogP contribution in [-0.2, 0) is 9.53 Å². The van der Waals surface area contributed by atoms with Gasteiger partial charge in [0.1, 0.15) is 0 Å². The van der Waals surface area contributed by atoms with Gasteiger partial charge in [-0.3, -0.25) is 16.1 Å². The monoisotopic (exact) mass is 204 g/mol. The highest BCUT2D eigenvalue weighted by Crippen LogP contribution is 1.93. The zero-order chi connectivity index (χ0) is 7.28. The van der Waals surface area contributed by atoms with Gasteiger partial charge in [-0.1, -0.05) is 6.92 Å². The van der Waals surface area contributed by atoms with Crippen molar-refractivity contribution in [2.75, 3.05) is 13.7 Å². The summed E-state index contributed by atoms with van der Waals surface area (Å²) in [5, 5.41) is 0. The van der Waals surface area contributed by atoms with Crippen molar-refractivity contribution >= 4 is 30.8 Å². The fourth-order valence-electron chi connectivity index (χ4n) is 0.461. The van der Waals surface area contributed by atoms with Crippen molar-refractivity contribution in [1.29, 1.82) is 0 Å². The first-order valence-corrected chi connectivity index (χ1v) is 2.73. The van der Waals surface area contributed by atoms with E-state index in [2.05, 4.69) is 10.2 Å². The second kappa shape index (κ2) is 9.97. The van der Waals surface area contributed by atoms with Gasteiger partial charge >= 0.3 is 5.97 Å². The van der Waals surface area contributed by atoms with Gasteiger partial charge in [-0.25, -0.2) is 0 Å². The molecule has 0 saturated carbocycles. The lowest BCUT2D eigenvalue weighted by atomic mass is 10.2. The number of ether oxygens (including phenoxy) is 1. The average Bonchev–Trinajstić information content (AvgIpc) is 1.87. The lowest BCUT2D eigenvalue weighted by Crippen LogP contribution is -2.31. The standard InChI is InChI=1S/C5H12N2O2.2ClH/c1-4(3-7-6)5(8)9-2;;/h4,7H,3,6H2,1-2H3;2*1H. The van der Waals surface area contributed by atoms with Gasteiger partial charge in [-0.15, -0.1) is 24.8 Å². The van der Waals surface area contributed by atoms with E-state index < -0.39 is 0 Å². The molecule has 0 aliphatic heterocycles. The fourth-order valence-corrected chi connectivity index (χ4v) is 0.461. The van der Waals surface area contributed by atoms with Crippen LogP contribution < -0.4 is 11.3 Å². The molecule has 0 spiro atoms. The molecule has 0 aliphatic rings. The van der Waals surface area contributed by atoms with Crippen LogP contribution in [-0.4, -0.2) is 19.6 Å². The predicted octanol–water partition coefficient (Wildman–Crippen LogP) is 0.102. The van der Waals surface area contributed by atoms with E-state index in [1.54, 1.807) is 6.92 Å². The maximum atomic E-state index is 10.6. The topological polar surface area (TPSA) is 64.3 Å². The largest absolute Gasteiger partial charge is 0.469 e. The van der Waals surface area contributed by atoms with Crippen molar-refractivity contribution < 1.29 is 9.53 Å². The summed E-state index contributed by atoms with van der Waals surface area (Å²) in [6.45, 7) is 2.19. The number of carbonyl (C=O) groups excluding carboxylic acids is 1. The van der Waals surface area contributed by atoms with Gasteiger partial charge in [0.15, 0.2) is 0 Å². The molecule has 0 aromatic rings. The van der Waals surface area contributed by atoms with E-state index in [-0.39, 0.29) is 36.7 Å². The molecule has 1 atom stereocenters. The van der Waals surface area contributed by atoms with Crippen LogP contribution in [0.15, 0.2) is 0 Å². The number of nitrogens with two attached hydrogens (primary N) is 1. The van der Waals surface area contributed by atoms with Gasteiger partial charge < -0.3 is 4.74 Å². The molecule has 0 aromatic heterocycles. The Morgan fingerprint density at radius 1 is 1.64 bits per heavy atom. The molecule has 4 nitrogen and oxygen atoms in total. The Morgan fingerprint density at radius 3 is 2.36 bits per heavy atom. The molecular formula is C5H14Cl2N2O2. The first kappa shape index (κ1) is 17.2. The zero-order valence-electron chi connectivity index (χ0n) is 6.49. The van der Waals surface area contributed by atoms with Gasteiger partial charge in [0.2, 0.25) is 0 Å². The van der Waals surface area contributed by atoms with E-state index in [0.717, 1.165) is 0 Å². The van der Waals surface area contributed by atoms with Crippen molar-refractivity contribution in [3.8, 4) is 0 Å². The van der Waals surface area contributed by atoms with Crippen LogP contribution in [0.2, 0.25) is 0 Å². The maximum absolute atomic E-state index is 10.6. The summed E-state index contributed by atoms with van der Waals surface area (Å²) in [5.74, 6) is 4.55. The van der Waals surface area contributed by atoms with E-state index in [9.17, 15) is 4.79 Å². The molecule has 0 radical (unpaired) electrons. The van der Waals surface area contributed by atoms with Crippen molar-refractivity contribution in [3.05, 3.63) is 0 Å². The van der Waals surface area contributed by atoms with Crippen LogP contribution in [0.4, 0.5) is 0 Å². The van der Waals surface area contributed by atoms with E-state index in [1.807, 2.05) is 0 Å². The molecule has 0 bridgehead atoms. The SMILES string of the molecule is COC(=O)C(C)CNN.Cl.Cl. The van der Waals surface area contributed by atoms with Crippen molar-refractivity contribution in [1.82, 2.24) is 5.43 Å². The third-order valence-electron chi connectivity index (χ3n) is 1.03. The van der Waals surface area contributed by atoms with Gasteiger partial charge in [0.05, 0.1) is 13.0 Å². The molecule has 3 N–H and O–H groups in total. The maximum Gasteiger partial charge on any atom is 0.309 e. The Labute approximate surface area is 78.6 Å². The summed E-state index contributed by atoms with van der Waals surface area (Å²) in [7, 11) is 1.36. The molecule has 0 fully saturated rings. The predicted molar refractivity (Wildman–Crippen MR) is 47.9 cm³/mol. The van der Waals surface area contributed by atoms with Crippen molar-refractivity contribution in [3.63, 3.8) is 0 Å². The smallest absolute Gasteiger partial charge is 0.309 e. The number of hydrazine groups is 1. The number of esters is 1. The van der Waals surface area contributed by atoms with Crippen LogP contribution in [0.25, 0.3) is 0 Å². The zero-order valence-corrected chi connectivity index (χ0v) is 8.13. The highest BCUT2D eigenvalue weighted by molar-refractivity contribution is 5.85. The number of methoxy groups -OCH3 is 1. The summed E-state index contributed by atoms with van der Waals surface area (Å²) in [6, 6.07) is 0. The van der Waals surface area contributed by atoms with Crippen molar-refractivity contribution in [2.24, 2.45) is 11.8 Å². The number of nitrogens with one attached hydrogen (secondary N) is 1. The van der Waals surface area contributed by atoms with Gasteiger partial charge in [-0.05, 0) is 0 Å². The Morgan fingerprint density at radius 2 is 2.09 bits per heavy atom. The second-order valence-corrected chi connectivity index (χ2v) is 1.83. The van der Waals surface area contributed by atoms with Gasteiger partial charge in [0, 0.05) is 6.54 Å². The highest BCUT2D eigenvalue weighted by Gasteiger charge is 2.10. The summed E-state index contributed by atoms with van der Waals surface area (Å²) >= 11 is 0. The summed E-state index contributed by atoms with van der Waals surface area (Å²) < 4.78 is 4.43. The number of hydrogen-bond acceptors (Lipinski definition) is 4. The third kappa shape index (κ3) is 7.87. The second-order valence-electron chi connectivity index (χ2n) is 1.83. The van der Waals surface area contributed by atoms with E-state index in [0.29, 0.717) is 6.54 Å². The molecule has 70 valence electrons. The molecule has 1 unspecified atom stereocenters. The molecule has 0 rings (SSSR count). The molecule has 0 saturated heterocycles. The first-order valence-electron chi connectivity index (χ1n) is 2.73. The fraction of sp³-hybridized carbons (Fsp3) is 0.800. The number of carbonyl (C=O) groups is 1. The lowest BCUT2D eigenvalue weighted by Gasteiger charge is -2.05. The average molecular weight is 205 g/mol. The van der Waals surface area contributed by atoms with Crippen LogP contribution in [0.1, 0.15) is 6.92 Å². The van der Waals surface area contributed by atoms with Crippen LogP contribution in [0, 0.1) is 5.92 Å². The molecule has 0 amide bonds. The van der Waals surface area contributed by atoms with Crippen LogP contribution in [0.5, 0.6) is 0 Å². The molecular weight excluding hydrogens is 191 g/mol. The summed E-state index contributed by atoms with van der Waals surface area (Å²) in [4.78, 5) is 10.6. The van der Waals surface area contributed by atoms with E-state index >= 15 is 0 Å². The van der Waals surface area contributed by atoms with Crippen LogP contribution in [0.3, 0.4) is 0 Å². The summed E-state index contributed by atoms with van der Waals surface area (Å²) in [5.41, 5.74) is 2.38. The first-order chi connectivity index (χ1) is 4.22. The lowest BCUT2D eigenvalue weighted by molar-refractivity contribution is -0.144. The molecule has 0 aromatic carbocycles. The van der Waals surface area contributed by atoms with E-state index in [4.69, 9.17) is 5.84 Å². The molecule has 6 heteroatoms. The van der Waals surface area contributed by atoms with Crippen LogP contribution >= 0.6 is 24.8 Å². The van der Waals surface area contributed by atoms with Gasteiger partial charge in [0.25, 0.3) is 0 Å². The Kier molecular flexibility index (Phi) is 15.6. The Bertz CT molecular complexity index is 102. The minimum atomic E-state index is -0.243.